The monoisotopic (exact) mass is 327 g/mol. The van der Waals surface area contributed by atoms with Gasteiger partial charge in [0.1, 0.15) is 9.98 Å². The molecule has 8 heteroatoms. The molecule has 0 spiro atoms. The zero-order valence-corrected chi connectivity index (χ0v) is 13.0. The molecule has 2 aromatic rings. The highest BCUT2D eigenvalue weighted by Gasteiger charge is 2.21. The number of hydrogen-bond donors (Lipinski definition) is 0. The van der Waals surface area contributed by atoms with Gasteiger partial charge in [0.25, 0.3) is 0 Å². The van der Waals surface area contributed by atoms with Gasteiger partial charge in [-0.15, -0.1) is 11.3 Å². The Morgan fingerprint density at radius 3 is 2.95 bits per heavy atom. The molecule has 0 unspecified atom stereocenters. The number of nitrogens with zero attached hydrogens (tertiary/aromatic N) is 3. The van der Waals surface area contributed by atoms with Crippen LogP contribution in [0.15, 0.2) is 5.38 Å². The lowest BCUT2D eigenvalue weighted by Crippen LogP contribution is -2.37. The Kier molecular flexibility index (Phi) is 4.23. The Labute approximate surface area is 130 Å². The first kappa shape index (κ1) is 14.5. The average molecular weight is 328 g/mol. The first-order valence-electron chi connectivity index (χ1n) is 6.65. The molecule has 0 N–H and O–H groups in total. The van der Waals surface area contributed by atoms with Gasteiger partial charge in [0.05, 0.1) is 30.8 Å². The summed E-state index contributed by atoms with van der Waals surface area (Å²) < 4.78 is 10.3. The summed E-state index contributed by atoms with van der Waals surface area (Å²) >= 11 is 7.63. The molecule has 3 rings (SSSR count). The summed E-state index contributed by atoms with van der Waals surface area (Å²) in [6, 6.07) is 0. The van der Waals surface area contributed by atoms with Crippen LogP contribution in [0.1, 0.15) is 17.3 Å². The van der Waals surface area contributed by atoms with E-state index in [0.29, 0.717) is 41.5 Å². The molecular formula is C13H14ClN3O3S. The highest BCUT2D eigenvalue weighted by Crippen LogP contribution is 2.32. The summed E-state index contributed by atoms with van der Waals surface area (Å²) in [6.07, 6.45) is 0. The Bertz CT molecular complexity index is 670. The highest BCUT2D eigenvalue weighted by atomic mass is 35.5. The van der Waals surface area contributed by atoms with Crippen LogP contribution in [0, 0.1) is 0 Å². The van der Waals surface area contributed by atoms with Crippen LogP contribution >= 0.6 is 22.9 Å². The topological polar surface area (TPSA) is 64.5 Å². The number of ether oxygens (including phenoxy) is 2. The van der Waals surface area contributed by atoms with Crippen molar-refractivity contribution in [3.63, 3.8) is 0 Å². The van der Waals surface area contributed by atoms with Crippen LogP contribution < -0.4 is 4.90 Å². The molecule has 0 atom stereocenters. The number of thiophene rings is 1. The Hall–Kier alpha value is -1.44. The molecule has 0 bridgehead atoms. The minimum atomic E-state index is -0.395. The molecule has 0 saturated carbocycles. The number of hydrogen-bond acceptors (Lipinski definition) is 7. The van der Waals surface area contributed by atoms with Gasteiger partial charge < -0.3 is 14.4 Å². The van der Waals surface area contributed by atoms with E-state index in [1.54, 1.807) is 12.3 Å². The predicted octanol–water partition coefficient (Wildman–Crippen LogP) is 2.36. The maximum atomic E-state index is 11.9. The molecule has 1 aliphatic rings. The van der Waals surface area contributed by atoms with Crippen molar-refractivity contribution in [1.29, 1.82) is 0 Å². The van der Waals surface area contributed by atoms with E-state index in [2.05, 4.69) is 9.97 Å². The van der Waals surface area contributed by atoms with Gasteiger partial charge in [0, 0.05) is 18.5 Å². The van der Waals surface area contributed by atoms with Gasteiger partial charge in [0.15, 0.2) is 0 Å². The first-order valence-corrected chi connectivity index (χ1v) is 7.91. The van der Waals surface area contributed by atoms with E-state index in [1.807, 2.05) is 4.90 Å². The minimum absolute atomic E-state index is 0.283. The molecule has 0 aromatic carbocycles. The molecule has 2 aromatic heterocycles. The van der Waals surface area contributed by atoms with Crippen molar-refractivity contribution in [3.8, 4) is 0 Å². The van der Waals surface area contributed by atoms with E-state index < -0.39 is 5.97 Å². The third kappa shape index (κ3) is 2.81. The fraction of sp³-hybridized carbons (Fsp3) is 0.462. The van der Waals surface area contributed by atoms with Gasteiger partial charge in [-0.1, -0.05) is 11.6 Å². The lowest BCUT2D eigenvalue weighted by molar-refractivity contribution is 0.0529. The summed E-state index contributed by atoms with van der Waals surface area (Å²) in [5, 5.41) is 2.56. The van der Waals surface area contributed by atoms with Crippen LogP contribution in [0.5, 0.6) is 0 Å². The zero-order chi connectivity index (χ0) is 14.8. The van der Waals surface area contributed by atoms with E-state index in [-0.39, 0.29) is 5.15 Å². The summed E-state index contributed by atoms with van der Waals surface area (Å²) in [5.74, 6) is 0.182. The molecule has 112 valence electrons. The van der Waals surface area contributed by atoms with Gasteiger partial charge in [-0.05, 0) is 6.92 Å². The van der Waals surface area contributed by atoms with Crippen LogP contribution in [0.25, 0.3) is 10.2 Å². The van der Waals surface area contributed by atoms with Crippen molar-refractivity contribution in [2.45, 2.75) is 6.92 Å². The number of anilines is 1. The van der Waals surface area contributed by atoms with Crippen molar-refractivity contribution in [2.24, 2.45) is 0 Å². The van der Waals surface area contributed by atoms with Crippen molar-refractivity contribution < 1.29 is 14.3 Å². The number of carbonyl (C=O) groups is 1. The van der Waals surface area contributed by atoms with Crippen LogP contribution in [-0.2, 0) is 9.47 Å². The lowest BCUT2D eigenvalue weighted by Gasteiger charge is -2.26. The largest absolute Gasteiger partial charge is 0.462 e. The second-order valence-electron chi connectivity index (χ2n) is 4.46. The normalized spacial score (nSPS) is 15.4. The van der Waals surface area contributed by atoms with Gasteiger partial charge in [0.2, 0.25) is 5.95 Å². The Morgan fingerprint density at radius 2 is 2.24 bits per heavy atom. The standard InChI is InChI=1S/C13H14ClN3O3S/c1-2-20-12(18)8-7-21-11-9(8)10(14)15-13(16-11)17-3-5-19-6-4-17/h7H,2-6H2,1H3. The maximum absolute atomic E-state index is 11.9. The first-order chi connectivity index (χ1) is 10.2. The number of morpholine rings is 1. The third-order valence-corrected chi connectivity index (χ3v) is 4.31. The van der Waals surface area contributed by atoms with Crippen LogP contribution in [-0.4, -0.2) is 48.8 Å². The number of rotatable bonds is 3. The molecule has 1 fully saturated rings. The minimum Gasteiger partial charge on any atom is -0.462 e. The van der Waals surface area contributed by atoms with E-state index >= 15 is 0 Å². The van der Waals surface area contributed by atoms with E-state index in [0.717, 1.165) is 13.1 Å². The van der Waals surface area contributed by atoms with Crippen molar-refractivity contribution in [3.05, 3.63) is 16.1 Å². The van der Waals surface area contributed by atoms with Crippen LogP contribution in [0.3, 0.4) is 0 Å². The summed E-state index contributed by atoms with van der Waals surface area (Å²) in [4.78, 5) is 23.5. The smallest absolute Gasteiger partial charge is 0.339 e. The average Bonchev–Trinajstić information content (AvgIpc) is 2.93. The molecular weight excluding hydrogens is 314 g/mol. The molecule has 3 heterocycles. The number of carbonyl (C=O) groups excluding carboxylic acids is 1. The van der Waals surface area contributed by atoms with Gasteiger partial charge in [-0.3, -0.25) is 0 Å². The van der Waals surface area contributed by atoms with Crippen LogP contribution in [0.2, 0.25) is 5.15 Å². The molecule has 0 radical (unpaired) electrons. The van der Waals surface area contributed by atoms with E-state index in [1.165, 1.54) is 11.3 Å². The van der Waals surface area contributed by atoms with Crippen molar-refractivity contribution in [1.82, 2.24) is 9.97 Å². The van der Waals surface area contributed by atoms with Crippen LogP contribution in [0.4, 0.5) is 5.95 Å². The molecule has 1 saturated heterocycles. The second-order valence-corrected chi connectivity index (χ2v) is 5.68. The quantitative estimate of drug-likeness (QED) is 0.637. The molecule has 6 nitrogen and oxygen atoms in total. The van der Waals surface area contributed by atoms with Gasteiger partial charge in [-0.25, -0.2) is 14.8 Å². The van der Waals surface area contributed by atoms with Crippen molar-refractivity contribution in [2.75, 3.05) is 37.8 Å². The van der Waals surface area contributed by atoms with Crippen molar-refractivity contribution >= 4 is 45.1 Å². The number of aromatic nitrogens is 2. The number of fused-ring (bicyclic) bond motifs is 1. The Morgan fingerprint density at radius 1 is 1.48 bits per heavy atom. The summed E-state index contributed by atoms with van der Waals surface area (Å²) in [7, 11) is 0. The fourth-order valence-corrected chi connectivity index (χ4v) is 3.38. The van der Waals surface area contributed by atoms with E-state index in [9.17, 15) is 4.79 Å². The predicted molar refractivity (Wildman–Crippen MR) is 81.4 cm³/mol. The molecule has 0 aliphatic carbocycles. The maximum Gasteiger partial charge on any atom is 0.339 e. The second kappa shape index (κ2) is 6.13. The van der Waals surface area contributed by atoms with Gasteiger partial charge >= 0.3 is 5.97 Å². The fourth-order valence-electron chi connectivity index (χ4n) is 2.15. The summed E-state index contributed by atoms with van der Waals surface area (Å²) in [5.41, 5.74) is 0.426. The SMILES string of the molecule is CCOC(=O)c1csc2nc(N3CCOCC3)nc(Cl)c12. The number of halogens is 1. The highest BCUT2D eigenvalue weighted by molar-refractivity contribution is 7.17. The third-order valence-electron chi connectivity index (χ3n) is 3.17. The zero-order valence-electron chi connectivity index (χ0n) is 11.5. The van der Waals surface area contributed by atoms with Gasteiger partial charge in [-0.2, -0.15) is 0 Å². The molecule has 0 amide bonds. The number of esters is 1. The molecule has 1 aliphatic heterocycles. The van der Waals surface area contributed by atoms with E-state index in [4.69, 9.17) is 21.1 Å². The molecule has 21 heavy (non-hydrogen) atoms. The summed E-state index contributed by atoms with van der Waals surface area (Å²) in [6.45, 7) is 4.85. The Balaban J connectivity index is 1.99. The lowest BCUT2D eigenvalue weighted by atomic mass is 10.2.